The molecule has 0 radical (unpaired) electrons. The summed E-state index contributed by atoms with van der Waals surface area (Å²) in [5.41, 5.74) is 1.99. The molecule has 2 atom stereocenters. The van der Waals surface area contributed by atoms with Crippen molar-refractivity contribution in [3.63, 3.8) is 0 Å². The first-order chi connectivity index (χ1) is 11.4. The van der Waals surface area contributed by atoms with E-state index in [4.69, 9.17) is 9.97 Å². The number of hydrogen-bond acceptors (Lipinski definition) is 3. The topological polar surface area (TPSA) is 63.1 Å². The fourth-order valence-electron chi connectivity index (χ4n) is 5.04. The molecule has 0 saturated heterocycles. The van der Waals surface area contributed by atoms with Crippen molar-refractivity contribution < 1.29 is 9.90 Å². The van der Waals surface area contributed by atoms with Crippen LogP contribution in [0.4, 0.5) is 0 Å². The summed E-state index contributed by atoms with van der Waals surface area (Å²) in [6.45, 7) is 4.12. The molecule has 1 N–H and O–H groups in total. The third kappa shape index (κ3) is 1.38. The fourth-order valence-corrected chi connectivity index (χ4v) is 5.04. The van der Waals surface area contributed by atoms with Crippen LogP contribution in [-0.4, -0.2) is 21.0 Å². The third-order valence-electron chi connectivity index (χ3n) is 6.44. The van der Waals surface area contributed by atoms with Crippen molar-refractivity contribution >= 4 is 27.8 Å². The number of carbonyl (C=O) groups is 1. The van der Waals surface area contributed by atoms with Crippen molar-refractivity contribution in [1.29, 1.82) is 0 Å². The number of nitrogens with zero attached hydrogens (tertiary/aromatic N) is 2. The molecule has 2 aliphatic rings. The first-order valence-electron chi connectivity index (χ1n) is 8.39. The molecule has 1 saturated carbocycles. The lowest BCUT2D eigenvalue weighted by Crippen LogP contribution is -2.43. The van der Waals surface area contributed by atoms with Gasteiger partial charge >= 0.3 is 5.97 Å². The van der Waals surface area contributed by atoms with Gasteiger partial charge in [-0.25, -0.2) is 9.97 Å². The monoisotopic (exact) mass is 318 g/mol. The third-order valence-corrected chi connectivity index (χ3v) is 6.44. The quantitative estimate of drug-likeness (QED) is 0.688. The van der Waals surface area contributed by atoms with Gasteiger partial charge in [-0.1, -0.05) is 38.1 Å². The Morgan fingerprint density at radius 3 is 2.38 bits per heavy atom. The molecule has 1 fully saturated rings. The summed E-state index contributed by atoms with van der Waals surface area (Å²) >= 11 is 0. The lowest BCUT2D eigenvalue weighted by atomic mass is 9.68. The molecule has 4 nitrogen and oxygen atoms in total. The Kier molecular flexibility index (Phi) is 2.39. The summed E-state index contributed by atoms with van der Waals surface area (Å²) in [6, 6.07) is 12.2. The molecular formula is C20H18N2O2. The predicted octanol–water partition coefficient (Wildman–Crippen LogP) is 4.02. The highest BCUT2D eigenvalue weighted by atomic mass is 16.4. The van der Waals surface area contributed by atoms with E-state index in [0.29, 0.717) is 12.1 Å². The van der Waals surface area contributed by atoms with Gasteiger partial charge in [-0.15, -0.1) is 0 Å². The Bertz CT molecular complexity index is 1040. The molecule has 0 aliphatic heterocycles. The van der Waals surface area contributed by atoms with Gasteiger partial charge in [0.05, 0.1) is 22.4 Å². The molecule has 24 heavy (non-hydrogen) atoms. The zero-order chi connectivity index (χ0) is 16.7. The molecule has 5 rings (SSSR count). The van der Waals surface area contributed by atoms with Crippen LogP contribution in [-0.2, 0) is 10.2 Å². The van der Waals surface area contributed by atoms with Gasteiger partial charge in [0, 0.05) is 5.92 Å². The summed E-state index contributed by atoms with van der Waals surface area (Å²) in [7, 11) is 0. The molecule has 2 aromatic carbocycles. The minimum atomic E-state index is -0.903. The summed E-state index contributed by atoms with van der Waals surface area (Å²) in [4.78, 5) is 22.0. The zero-order valence-corrected chi connectivity index (χ0v) is 13.7. The maximum absolute atomic E-state index is 12.2. The Balaban J connectivity index is 1.87. The van der Waals surface area contributed by atoms with Gasteiger partial charge in [-0.05, 0) is 41.2 Å². The number of rotatable bonds is 1. The van der Waals surface area contributed by atoms with Crippen LogP contribution >= 0.6 is 0 Å². The second-order valence-corrected chi connectivity index (χ2v) is 7.67. The highest BCUT2D eigenvalue weighted by molar-refractivity contribution is 5.95. The van der Waals surface area contributed by atoms with E-state index in [1.807, 2.05) is 24.3 Å². The van der Waals surface area contributed by atoms with Crippen molar-refractivity contribution in [2.24, 2.45) is 5.41 Å². The normalized spacial score (nSPS) is 26.8. The maximum atomic E-state index is 12.2. The highest BCUT2D eigenvalue weighted by Crippen LogP contribution is 2.67. The van der Waals surface area contributed by atoms with Crippen molar-refractivity contribution in [3.8, 4) is 0 Å². The van der Waals surface area contributed by atoms with E-state index in [0.717, 1.165) is 33.9 Å². The van der Waals surface area contributed by atoms with Crippen LogP contribution in [0.25, 0.3) is 21.8 Å². The molecule has 0 amide bonds. The predicted molar refractivity (Wildman–Crippen MR) is 92.1 cm³/mol. The Labute approximate surface area is 139 Å². The van der Waals surface area contributed by atoms with Crippen molar-refractivity contribution in [2.45, 2.75) is 38.0 Å². The van der Waals surface area contributed by atoms with Gasteiger partial charge < -0.3 is 5.11 Å². The second kappa shape index (κ2) is 4.12. The number of carboxylic acids is 1. The van der Waals surface area contributed by atoms with E-state index >= 15 is 0 Å². The lowest BCUT2D eigenvalue weighted by Gasteiger charge is -2.33. The Morgan fingerprint density at radius 2 is 1.75 bits per heavy atom. The van der Waals surface area contributed by atoms with Gasteiger partial charge in [-0.3, -0.25) is 4.79 Å². The van der Waals surface area contributed by atoms with Crippen LogP contribution in [0.1, 0.15) is 44.0 Å². The van der Waals surface area contributed by atoms with E-state index < -0.39 is 11.4 Å². The lowest BCUT2D eigenvalue weighted by molar-refractivity contribution is -0.147. The number of fused-ring (bicyclic) bond motifs is 7. The van der Waals surface area contributed by atoms with Gasteiger partial charge in [0.25, 0.3) is 0 Å². The van der Waals surface area contributed by atoms with Gasteiger partial charge in [-0.2, -0.15) is 0 Å². The molecule has 0 spiro atoms. The highest BCUT2D eigenvalue weighted by Gasteiger charge is 2.68. The summed E-state index contributed by atoms with van der Waals surface area (Å²) < 4.78 is 0. The molecule has 3 aromatic rings. The molecule has 1 aromatic heterocycles. The molecule has 4 heteroatoms. The van der Waals surface area contributed by atoms with Gasteiger partial charge in [0.15, 0.2) is 0 Å². The van der Waals surface area contributed by atoms with E-state index in [9.17, 15) is 9.90 Å². The van der Waals surface area contributed by atoms with Crippen LogP contribution in [0.5, 0.6) is 0 Å². The molecule has 120 valence electrons. The molecular weight excluding hydrogens is 300 g/mol. The van der Waals surface area contributed by atoms with Crippen molar-refractivity contribution in [3.05, 3.63) is 47.8 Å². The largest absolute Gasteiger partial charge is 0.481 e. The first kappa shape index (κ1) is 13.9. The van der Waals surface area contributed by atoms with Crippen LogP contribution in [0.15, 0.2) is 36.4 Å². The minimum absolute atomic E-state index is 0.173. The van der Waals surface area contributed by atoms with Gasteiger partial charge in [0.2, 0.25) is 0 Å². The molecule has 0 unspecified atom stereocenters. The number of hydrogen-bond donors (Lipinski definition) is 1. The number of aliphatic carboxylic acids is 1. The number of carboxylic acid groups (broad SMARTS) is 1. The molecule has 2 bridgehead atoms. The minimum Gasteiger partial charge on any atom is -0.481 e. The first-order valence-corrected chi connectivity index (χ1v) is 8.39. The average molecular weight is 318 g/mol. The molecule has 2 aliphatic carbocycles. The van der Waals surface area contributed by atoms with Crippen molar-refractivity contribution in [1.82, 2.24) is 9.97 Å². The second-order valence-electron chi connectivity index (χ2n) is 7.67. The van der Waals surface area contributed by atoms with Crippen molar-refractivity contribution in [2.75, 3.05) is 0 Å². The summed E-state index contributed by atoms with van der Waals surface area (Å²) in [5.74, 6) is -0.588. The maximum Gasteiger partial charge on any atom is 0.316 e. The van der Waals surface area contributed by atoms with Crippen LogP contribution in [0.2, 0.25) is 0 Å². The van der Waals surface area contributed by atoms with E-state index in [2.05, 4.69) is 26.0 Å². The number of benzene rings is 2. The SMILES string of the molecule is CC1(C)[C@@H]2CC[C@]1(C(=O)O)c1nc3cc4ccccc4cc3nc12. The van der Waals surface area contributed by atoms with Crippen LogP contribution < -0.4 is 0 Å². The average Bonchev–Trinajstić information content (AvgIpc) is 2.93. The summed E-state index contributed by atoms with van der Waals surface area (Å²) in [6.07, 6.45) is 1.53. The zero-order valence-electron chi connectivity index (χ0n) is 13.7. The van der Waals surface area contributed by atoms with E-state index in [1.165, 1.54) is 0 Å². The summed E-state index contributed by atoms with van der Waals surface area (Å²) in [5, 5.41) is 12.3. The molecule has 1 heterocycles. The van der Waals surface area contributed by atoms with E-state index in [1.54, 1.807) is 0 Å². The standard InChI is InChI=1S/C20H18N2O2/c1-19(2)13-7-8-20(19,18(23)24)17-16(13)21-14-9-11-5-3-4-6-12(11)10-15(14)22-17/h3-6,9-10,13H,7-8H2,1-2H3,(H,23,24)/t13-,20-/m1/s1. The van der Waals surface area contributed by atoms with Gasteiger partial charge in [0.1, 0.15) is 5.41 Å². The Morgan fingerprint density at radius 1 is 1.12 bits per heavy atom. The van der Waals surface area contributed by atoms with Crippen LogP contribution in [0, 0.1) is 5.41 Å². The number of aromatic nitrogens is 2. The smallest absolute Gasteiger partial charge is 0.316 e. The van der Waals surface area contributed by atoms with Crippen LogP contribution in [0.3, 0.4) is 0 Å². The fraction of sp³-hybridized carbons (Fsp3) is 0.350. The Hall–Kier alpha value is -2.49. The van der Waals surface area contributed by atoms with E-state index in [-0.39, 0.29) is 11.3 Å².